The Balaban J connectivity index is 1.87. The van der Waals surface area contributed by atoms with Gasteiger partial charge < -0.3 is 30.4 Å². The Morgan fingerprint density at radius 3 is 2.56 bits per heavy atom. The molecule has 4 atom stereocenters. The Morgan fingerprint density at radius 2 is 1.93 bits per heavy atom. The molecule has 9 heteroatoms. The highest BCUT2D eigenvalue weighted by atomic mass is 32.2. The Morgan fingerprint density at radius 1 is 1.19 bits per heavy atom. The van der Waals surface area contributed by atoms with Crippen LogP contribution in [-0.4, -0.2) is 61.0 Å². The average molecular weight is 388 g/mol. The number of rotatable bonds is 4. The van der Waals surface area contributed by atoms with Gasteiger partial charge in [0, 0.05) is 16.7 Å². The summed E-state index contributed by atoms with van der Waals surface area (Å²) in [6, 6.07) is 7.98. The molecule has 0 amide bonds. The third kappa shape index (κ3) is 2.97. The molecule has 0 radical (unpaired) electrons. The Hall–Kier alpha value is -2.17. The van der Waals surface area contributed by atoms with E-state index in [-0.39, 0.29) is 0 Å². The second-order valence-electron chi connectivity index (χ2n) is 6.36. The minimum Gasteiger partial charge on any atom is -0.394 e. The normalized spacial score (nSPS) is 25.3. The molecule has 8 nitrogen and oxygen atoms in total. The Kier molecular flexibility index (Phi) is 4.79. The monoisotopic (exact) mass is 388 g/mol. The van der Waals surface area contributed by atoms with Crippen molar-refractivity contribution in [1.29, 1.82) is 0 Å². The molecule has 3 aromatic rings. The molecule has 142 valence electrons. The lowest BCUT2D eigenvalue weighted by atomic mass is 10.1. The van der Waals surface area contributed by atoms with Gasteiger partial charge >= 0.3 is 0 Å². The molecular formula is C18H20N4O4S. The minimum atomic E-state index is -1.21. The number of aromatic nitrogens is 3. The van der Waals surface area contributed by atoms with Gasteiger partial charge in [-0.3, -0.25) is 0 Å². The van der Waals surface area contributed by atoms with Crippen LogP contribution in [0.25, 0.3) is 22.2 Å². The maximum atomic E-state index is 10.4. The van der Waals surface area contributed by atoms with Crippen LogP contribution in [0.1, 0.15) is 6.23 Å². The van der Waals surface area contributed by atoms with Gasteiger partial charge in [0.2, 0.25) is 0 Å². The van der Waals surface area contributed by atoms with Crippen LogP contribution in [0.4, 0.5) is 5.82 Å². The highest BCUT2D eigenvalue weighted by molar-refractivity contribution is 7.98. The molecule has 27 heavy (non-hydrogen) atoms. The van der Waals surface area contributed by atoms with E-state index in [4.69, 9.17) is 10.5 Å². The molecule has 0 saturated carbocycles. The zero-order chi connectivity index (χ0) is 19.1. The van der Waals surface area contributed by atoms with Gasteiger partial charge in [-0.2, -0.15) is 0 Å². The highest BCUT2D eigenvalue weighted by Gasteiger charge is 2.44. The number of aliphatic hydroxyl groups is 3. The zero-order valence-corrected chi connectivity index (χ0v) is 15.4. The number of aliphatic hydroxyl groups excluding tert-OH is 3. The van der Waals surface area contributed by atoms with Crippen LogP contribution >= 0.6 is 11.8 Å². The molecule has 0 spiro atoms. The van der Waals surface area contributed by atoms with Crippen molar-refractivity contribution >= 4 is 28.6 Å². The largest absolute Gasteiger partial charge is 0.394 e. The first-order valence-electron chi connectivity index (χ1n) is 8.43. The van der Waals surface area contributed by atoms with E-state index in [1.165, 1.54) is 6.33 Å². The van der Waals surface area contributed by atoms with Gasteiger partial charge in [0.1, 0.15) is 36.1 Å². The van der Waals surface area contributed by atoms with Crippen molar-refractivity contribution in [2.24, 2.45) is 0 Å². The van der Waals surface area contributed by atoms with Crippen LogP contribution in [-0.2, 0) is 4.74 Å². The predicted octanol–water partition coefficient (Wildman–Crippen LogP) is 1.01. The van der Waals surface area contributed by atoms with Crippen molar-refractivity contribution in [2.45, 2.75) is 29.4 Å². The first kappa shape index (κ1) is 18.2. The third-order valence-corrected chi connectivity index (χ3v) is 5.57. The molecule has 1 aliphatic rings. The summed E-state index contributed by atoms with van der Waals surface area (Å²) in [5.41, 5.74) is 8.32. The van der Waals surface area contributed by atoms with Crippen molar-refractivity contribution in [3.8, 4) is 11.1 Å². The van der Waals surface area contributed by atoms with E-state index in [1.54, 1.807) is 22.5 Å². The first-order chi connectivity index (χ1) is 13.0. The smallest absolute Gasteiger partial charge is 0.164 e. The zero-order valence-electron chi connectivity index (χ0n) is 14.6. The quantitative estimate of drug-likeness (QED) is 0.488. The van der Waals surface area contributed by atoms with E-state index >= 15 is 0 Å². The fourth-order valence-corrected chi connectivity index (χ4v) is 3.81. The third-order valence-electron chi connectivity index (χ3n) is 4.83. The number of anilines is 1. The number of fused-ring (bicyclic) bond motifs is 1. The van der Waals surface area contributed by atoms with Crippen LogP contribution in [0.3, 0.4) is 0 Å². The van der Waals surface area contributed by atoms with E-state index in [1.807, 2.05) is 30.5 Å². The van der Waals surface area contributed by atoms with Crippen molar-refractivity contribution in [3.05, 3.63) is 36.8 Å². The number of hydrogen-bond acceptors (Lipinski definition) is 8. The Labute approximate surface area is 159 Å². The first-order valence-corrected chi connectivity index (χ1v) is 9.65. The molecule has 1 aliphatic heterocycles. The summed E-state index contributed by atoms with van der Waals surface area (Å²) in [5, 5.41) is 30.5. The molecule has 3 unspecified atom stereocenters. The van der Waals surface area contributed by atoms with Crippen molar-refractivity contribution in [2.75, 3.05) is 18.6 Å². The van der Waals surface area contributed by atoms with E-state index in [0.29, 0.717) is 16.9 Å². The van der Waals surface area contributed by atoms with Crippen LogP contribution in [0, 0.1) is 0 Å². The second-order valence-corrected chi connectivity index (χ2v) is 7.24. The number of thioether (sulfide) groups is 1. The van der Waals surface area contributed by atoms with Gasteiger partial charge in [-0.1, -0.05) is 12.1 Å². The topological polar surface area (TPSA) is 127 Å². The van der Waals surface area contributed by atoms with Crippen LogP contribution in [0.2, 0.25) is 0 Å². The summed E-state index contributed by atoms with van der Waals surface area (Å²) < 4.78 is 7.30. The lowest BCUT2D eigenvalue weighted by molar-refractivity contribution is -0.0508. The number of nitrogens with zero attached hydrogens (tertiary/aromatic N) is 3. The van der Waals surface area contributed by atoms with Crippen LogP contribution in [0.5, 0.6) is 0 Å². The molecule has 4 rings (SSSR count). The molecule has 5 N–H and O–H groups in total. The summed E-state index contributed by atoms with van der Waals surface area (Å²) in [4.78, 5) is 9.53. The number of benzene rings is 1. The molecule has 1 saturated heterocycles. The molecule has 1 fully saturated rings. The number of nitrogen functional groups attached to an aromatic ring is 1. The summed E-state index contributed by atoms with van der Waals surface area (Å²) in [5.74, 6) is 0.314. The van der Waals surface area contributed by atoms with Crippen molar-refractivity contribution in [1.82, 2.24) is 14.5 Å². The van der Waals surface area contributed by atoms with Gasteiger partial charge in [-0.15, -0.1) is 11.8 Å². The van der Waals surface area contributed by atoms with Crippen molar-refractivity contribution < 1.29 is 20.1 Å². The number of nitrogens with two attached hydrogens (primary N) is 1. The van der Waals surface area contributed by atoms with Gasteiger partial charge in [0.15, 0.2) is 6.23 Å². The summed E-state index contributed by atoms with van der Waals surface area (Å²) in [6.07, 6.45) is 0.968. The molecule has 3 heterocycles. The van der Waals surface area contributed by atoms with Gasteiger partial charge in [-0.05, 0) is 24.0 Å². The summed E-state index contributed by atoms with van der Waals surface area (Å²) >= 11 is 1.65. The number of hydrogen-bond donors (Lipinski definition) is 4. The SMILES string of the molecule is CSc1ccc(-c2cn([C@@H]3OC(CO)C(O)C3O)c3ncnc(N)c23)cc1. The molecule has 1 aromatic carbocycles. The van der Waals surface area contributed by atoms with Crippen molar-refractivity contribution in [3.63, 3.8) is 0 Å². The standard InChI is InChI=1S/C18H20N4O4S/c1-27-10-4-2-9(3-5-10)11-6-22(17-13(11)16(19)20-8-21-17)18-15(25)14(24)12(7-23)26-18/h2-6,8,12,14-15,18,23-25H,7H2,1H3,(H2,19,20,21)/t12?,14?,15?,18-/m1/s1. The summed E-state index contributed by atoms with van der Waals surface area (Å²) in [7, 11) is 0. The fourth-order valence-electron chi connectivity index (χ4n) is 3.40. The maximum Gasteiger partial charge on any atom is 0.164 e. The summed E-state index contributed by atoms with van der Waals surface area (Å²) in [6.45, 7) is -0.395. The highest BCUT2D eigenvalue weighted by Crippen LogP contribution is 2.38. The van der Waals surface area contributed by atoms with Crippen LogP contribution in [0.15, 0.2) is 41.7 Å². The lowest BCUT2D eigenvalue weighted by Gasteiger charge is -2.17. The predicted molar refractivity (Wildman–Crippen MR) is 102 cm³/mol. The second kappa shape index (κ2) is 7.10. The van der Waals surface area contributed by atoms with Gasteiger partial charge in [0.05, 0.1) is 12.0 Å². The molecular weight excluding hydrogens is 368 g/mol. The molecule has 0 aliphatic carbocycles. The lowest BCUT2D eigenvalue weighted by Crippen LogP contribution is -2.33. The minimum absolute atomic E-state index is 0.314. The molecule has 0 bridgehead atoms. The van der Waals surface area contributed by atoms with Crippen LogP contribution < -0.4 is 5.73 Å². The number of ether oxygens (including phenoxy) is 1. The fraction of sp³-hybridized carbons (Fsp3) is 0.333. The molecule has 2 aromatic heterocycles. The average Bonchev–Trinajstić information content (AvgIpc) is 3.21. The van der Waals surface area contributed by atoms with E-state index < -0.39 is 31.1 Å². The van der Waals surface area contributed by atoms with E-state index in [0.717, 1.165) is 16.0 Å². The maximum absolute atomic E-state index is 10.4. The Bertz CT molecular complexity index is 962. The van der Waals surface area contributed by atoms with E-state index in [2.05, 4.69) is 9.97 Å². The van der Waals surface area contributed by atoms with E-state index in [9.17, 15) is 15.3 Å². The van der Waals surface area contributed by atoms with Gasteiger partial charge in [0.25, 0.3) is 0 Å². The van der Waals surface area contributed by atoms with Gasteiger partial charge in [-0.25, -0.2) is 9.97 Å².